The summed E-state index contributed by atoms with van der Waals surface area (Å²) in [6.07, 6.45) is -0.761. The minimum Gasteiger partial charge on any atom is -0.296 e. The largest absolute Gasteiger partial charge is 0.296 e. The number of hydrogen-bond donors (Lipinski definition) is 2. The quantitative estimate of drug-likeness (QED) is 0.236. The van der Waals surface area contributed by atoms with Gasteiger partial charge in [-0.3, -0.25) is 25.0 Å². The van der Waals surface area contributed by atoms with Crippen molar-refractivity contribution in [2.45, 2.75) is 19.3 Å². The zero-order chi connectivity index (χ0) is 27.1. The van der Waals surface area contributed by atoms with E-state index in [0.29, 0.717) is 16.7 Å². The van der Waals surface area contributed by atoms with E-state index in [0.717, 1.165) is 0 Å². The van der Waals surface area contributed by atoms with Gasteiger partial charge in [0.1, 0.15) is 0 Å². The van der Waals surface area contributed by atoms with Gasteiger partial charge in [0.2, 0.25) is 17.8 Å². The number of halogens is 6. The molecule has 3 aromatic carbocycles. The number of carbonyl (C=O) groups excluding carboxylic acids is 3. The van der Waals surface area contributed by atoms with Gasteiger partial charge in [-0.2, -0.15) is 4.99 Å². The standard InChI is InChI=1S/C25H17Cl6N3O3/c26-16-4-1-5-17(27)13(16)10-22(35)32-25(33-23(36)11-14-18(28)6-2-7-19(14)29)34-24(37)12-15-20(30)8-3-9-21(15)31/h1-9H,10-12H2,(H2,32,33,34,35,36,37). The SMILES string of the molecule is O=C(Cc1c(Cl)cccc1Cl)N=C(NC(=O)Cc1c(Cl)cccc1Cl)NC(=O)Cc1c(Cl)cccc1Cl. The van der Waals surface area contributed by atoms with E-state index in [-0.39, 0.29) is 49.4 Å². The lowest BCUT2D eigenvalue weighted by molar-refractivity contribution is -0.119. The summed E-state index contributed by atoms with van der Waals surface area (Å²) in [6, 6.07) is 14.4. The maximum atomic E-state index is 12.8. The van der Waals surface area contributed by atoms with E-state index in [9.17, 15) is 14.4 Å². The highest BCUT2D eigenvalue weighted by atomic mass is 35.5. The van der Waals surface area contributed by atoms with E-state index in [1.165, 1.54) is 0 Å². The molecule has 0 unspecified atom stereocenters. The van der Waals surface area contributed by atoms with E-state index in [4.69, 9.17) is 69.6 Å². The Balaban J connectivity index is 1.83. The summed E-state index contributed by atoms with van der Waals surface area (Å²) < 4.78 is 0. The average molecular weight is 620 g/mol. The summed E-state index contributed by atoms with van der Waals surface area (Å²) in [5.74, 6) is -2.39. The van der Waals surface area contributed by atoms with Crippen molar-refractivity contribution < 1.29 is 14.4 Å². The third kappa shape index (κ3) is 8.34. The third-order valence-electron chi connectivity index (χ3n) is 4.94. The van der Waals surface area contributed by atoms with Crippen molar-refractivity contribution >= 4 is 93.3 Å². The van der Waals surface area contributed by atoms with Gasteiger partial charge >= 0.3 is 0 Å². The maximum absolute atomic E-state index is 12.8. The molecule has 0 radical (unpaired) electrons. The van der Waals surface area contributed by atoms with Gasteiger partial charge < -0.3 is 0 Å². The molecule has 0 saturated heterocycles. The number of benzene rings is 3. The van der Waals surface area contributed by atoms with Crippen LogP contribution in [0.4, 0.5) is 0 Å². The first-order valence-electron chi connectivity index (χ1n) is 10.5. The molecule has 0 aromatic heterocycles. The summed E-state index contributed by atoms with van der Waals surface area (Å²) in [6.45, 7) is 0. The molecule has 0 aliphatic heterocycles. The maximum Gasteiger partial charge on any atom is 0.253 e. The minimum atomic E-state index is -0.725. The summed E-state index contributed by atoms with van der Waals surface area (Å²) in [5, 5.41) is 6.51. The number of nitrogens with one attached hydrogen (secondary N) is 2. The Labute approximate surface area is 242 Å². The topological polar surface area (TPSA) is 87.6 Å². The van der Waals surface area contributed by atoms with Crippen LogP contribution in [-0.4, -0.2) is 23.7 Å². The number of amides is 3. The van der Waals surface area contributed by atoms with Crippen LogP contribution in [0.2, 0.25) is 30.1 Å². The molecule has 3 amide bonds. The molecule has 0 aliphatic rings. The number of rotatable bonds is 6. The van der Waals surface area contributed by atoms with Crippen LogP contribution in [0, 0.1) is 0 Å². The fraction of sp³-hybridized carbons (Fsp3) is 0.120. The van der Waals surface area contributed by atoms with Crippen LogP contribution in [0.25, 0.3) is 0 Å². The van der Waals surface area contributed by atoms with Crippen molar-refractivity contribution in [3.8, 4) is 0 Å². The number of nitrogens with zero attached hydrogens (tertiary/aromatic N) is 1. The Bertz CT molecular complexity index is 1260. The van der Waals surface area contributed by atoms with E-state index in [1.54, 1.807) is 54.6 Å². The van der Waals surface area contributed by atoms with Crippen LogP contribution in [0.1, 0.15) is 16.7 Å². The third-order valence-corrected chi connectivity index (χ3v) is 7.06. The normalized spacial score (nSPS) is 10.5. The zero-order valence-electron chi connectivity index (χ0n) is 18.8. The highest BCUT2D eigenvalue weighted by Crippen LogP contribution is 2.26. The van der Waals surface area contributed by atoms with E-state index >= 15 is 0 Å². The average Bonchev–Trinajstić information content (AvgIpc) is 2.81. The van der Waals surface area contributed by atoms with Gasteiger partial charge in [0.25, 0.3) is 5.91 Å². The van der Waals surface area contributed by atoms with E-state index < -0.39 is 23.7 Å². The van der Waals surface area contributed by atoms with Gasteiger partial charge in [0.05, 0.1) is 19.3 Å². The summed E-state index contributed by atoms with van der Waals surface area (Å²) >= 11 is 36.9. The Morgan fingerprint density at radius 3 is 1.16 bits per heavy atom. The van der Waals surface area contributed by atoms with E-state index in [2.05, 4.69) is 15.6 Å². The minimum absolute atomic E-state index is 0.242. The zero-order valence-corrected chi connectivity index (χ0v) is 23.3. The molecule has 192 valence electrons. The summed E-state index contributed by atoms with van der Waals surface area (Å²) in [4.78, 5) is 42.1. The van der Waals surface area contributed by atoms with Crippen molar-refractivity contribution in [2.75, 3.05) is 0 Å². The van der Waals surface area contributed by atoms with Crippen molar-refractivity contribution in [3.63, 3.8) is 0 Å². The first-order chi connectivity index (χ1) is 17.5. The lowest BCUT2D eigenvalue weighted by atomic mass is 10.1. The molecule has 0 atom stereocenters. The molecule has 12 heteroatoms. The second kappa shape index (κ2) is 13.5. The molecule has 0 fully saturated rings. The van der Waals surface area contributed by atoms with Crippen molar-refractivity contribution in [2.24, 2.45) is 4.99 Å². The smallest absolute Gasteiger partial charge is 0.253 e. The molecule has 3 rings (SSSR count). The van der Waals surface area contributed by atoms with Gasteiger partial charge in [0.15, 0.2) is 0 Å². The summed E-state index contributed by atoms with van der Waals surface area (Å²) in [5.41, 5.74) is 1.08. The first kappa shape index (κ1) is 29.2. The fourth-order valence-corrected chi connectivity index (χ4v) is 4.77. The Morgan fingerprint density at radius 1 is 0.541 bits per heavy atom. The first-order valence-corrected chi connectivity index (χ1v) is 12.8. The molecular weight excluding hydrogens is 603 g/mol. The number of carbonyl (C=O) groups is 3. The van der Waals surface area contributed by atoms with Gasteiger partial charge in [-0.05, 0) is 53.1 Å². The van der Waals surface area contributed by atoms with Gasteiger partial charge in [-0.15, -0.1) is 0 Å². The molecule has 0 bridgehead atoms. The Hall–Kier alpha value is -2.32. The number of hydrogen-bond acceptors (Lipinski definition) is 3. The number of aliphatic imine (C=N–C) groups is 1. The monoisotopic (exact) mass is 617 g/mol. The van der Waals surface area contributed by atoms with Crippen LogP contribution in [-0.2, 0) is 33.6 Å². The Morgan fingerprint density at radius 2 is 0.838 bits per heavy atom. The lowest BCUT2D eigenvalue weighted by Crippen LogP contribution is -2.45. The fourth-order valence-electron chi connectivity index (χ4n) is 3.18. The molecule has 6 nitrogen and oxygen atoms in total. The predicted octanol–water partition coefficient (Wildman–Crippen LogP) is 6.75. The highest BCUT2D eigenvalue weighted by molar-refractivity contribution is 6.37. The highest BCUT2D eigenvalue weighted by Gasteiger charge is 2.18. The molecule has 0 saturated carbocycles. The molecule has 0 aliphatic carbocycles. The van der Waals surface area contributed by atoms with Gasteiger partial charge in [0, 0.05) is 30.1 Å². The molecule has 0 spiro atoms. The van der Waals surface area contributed by atoms with Gasteiger partial charge in [-0.1, -0.05) is 87.8 Å². The van der Waals surface area contributed by atoms with Crippen LogP contribution >= 0.6 is 69.6 Å². The number of guanidine groups is 1. The van der Waals surface area contributed by atoms with Crippen LogP contribution < -0.4 is 10.6 Å². The van der Waals surface area contributed by atoms with Crippen LogP contribution in [0.5, 0.6) is 0 Å². The van der Waals surface area contributed by atoms with Crippen molar-refractivity contribution in [1.29, 1.82) is 0 Å². The molecule has 2 N–H and O–H groups in total. The lowest BCUT2D eigenvalue weighted by Gasteiger charge is -2.13. The Kier molecular flexibility index (Phi) is 10.6. The molecule has 37 heavy (non-hydrogen) atoms. The van der Waals surface area contributed by atoms with Crippen molar-refractivity contribution in [3.05, 3.63) is 101 Å². The van der Waals surface area contributed by atoms with Gasteiger partial charge in [-0.25, -0.2) is 0 Å². The predicted molar refractivity (Wildman–Crippen MR) is 149 cm³/mol. The summed E-state index contributed by atoms with van der Waals surface area (Å²) in [7, 11) is 0. The second-order valence-electron chi connectivity index (χ2n) is 7.58. The van der Waals surface area contributed by atoms with Crippen LogP contribution in [0.15, 0.2) is 59.6 Å². The molecular formula is C25H17Cl6N3O3. The van der Waals surface area contributed by atoms with Crippen molar-refractivity contribution in [1.82, 2.24) is 10.6 Å². The second-order valence-corrected chi connectivity index (χ2v) is 10.0. The van der Waals surface area contributed by atoms with Crippen LogP contribution in [0.3, 0.4) is 0 Å². The molecule has 0 heterocycles. The molecule has 3 aromatic rings. The van der Waals surface area contributed by atoms with E-state index in [1.807, 2.05) is 0 Å².